The molecular weight excluding hydrogens is 239 g/mol. The molecule has 1 unspecified atom stereocenters. The van der Waals surface area contributed by atoms with Crippen molar-refractivity contribution in [2.45, 2.75) is 6.42 Å². The highest BCUT2D eigenvalue weighted by atomic mass is 19.1. The fourth-order valence-corrected chi connectivity index (χ4v) is 2.00. The van der Waals surface area contributed by atoms with Crippen LogP contribution in [0.2, 0.25) is 0 Å². The number of methoxy groups -OCH3 is 1. The first-order valence-corrected chi connectivity index (χ1v) is 5.68. The van der Waals surface area contributed by atoms with Gasteiger partial charge in [0.05, 0.1) is 19.2 Å². The van der Waals surface area contributed by atoms with Crippen molar-refractivity contribution >= 4 is 11.9 Å². The van der Waals surface area contributed by atoms with Gasteiger partial charge in [0, 0.05) is 20.1 Å². The minimum absolute atomic E-state index is 0.00609. The monoisotopic (exact) mass is 254 g/mol. The van der Waals surface area contributed by atoms with E-state index in [4.69, 9.17) is 4.74 Å². The van der Waals surface area contributed by atoms with E-state index in [1.54, 1.807) is 7.05 Å². The minimum Gasteiger partial charge on any atom is -0.479 e. The summed E-state index contributed by atoms with van der Waals surface area (Å²) in [6.45, 7) is 1.21. The van der Waals surface area contributed by atoms with Crippen molar-refractivity contribution in [1.29, 1.82) is 0 Å². The van der Waals surface area contributed by atoms with Gasteiger partial charge in [-0.15, -0.1) is 0 Å². The highest BCUT2D eigenvalue weighted by Gasteiger charge is 2.29. The molecule has 0 radical (unpaired) electrons. The number of aromatic nitrogens is 2. The average Bonchev–Trinajstić information content (AvgIpc) is 2.88. The Labute approximate surface area is 104 Å². The summed E-state index contributed by atoms with van der Waals surface area (Å²) in [7, 11) is 2.97. The van der Waals surface area contributed by atoms with Crippen molar-refractivity contribution in [2.75, 3.05) is 32.1 Å². The fourth-order valence-electron chi connectivity index (χ4n) is 2.00. The third kappa shape index (κ3) is 2.34. The molecule has 0 bridgehead atoms. The molecule has 0 aliphatic carbocycles. The molecule has 7 heteroatoms. The number of carbonyl (C=O) groups excluding carboxylic acids is 1. The van der Waals surface area contributed by atoms with E-state index < -0.39 is 5.82 Å². The van der Waals surface area contributed by atoms with Crippen LogP contribution in [0.25, 0.3) is 0 Å². The predicted molar refractivity (Wildman–Crippen MR) is 62.9 cm³/mol. The van der Waals surface area contributed by atoms with Crippen molar-refractivity contribution in [3.63, 3.8) is 0 Å². The third-order valence-electron chi connectivity index (χ3n) is 2.98. The normalized spacial score (nSPS) is 18.8. The zero-order valence-corrected chi connectivity index (χ0v) is 10.3. The summed E-state index contributed by atoms with van der Waals surface area (Å²) < 4.78 is 18.0. The highest BCUT2D eigenvalue weighted by Crippen LogP contribution is 2.23. The van der Waals surface area contributed by atoms with Crippen LogP contribution in [0.3, 0.4) is 0 Å². The quantitative estimate of drug-likeness (QED) is 0.834. The van der Waals surface area contributed by atoms with Gasteiger partial charge in [-0.1, -0.05) is 0 Å². The summed E-state index contributed by atoms with van der Waals surface area (Å²) >= 11 is 0. The maximum atomic E-state index is 13.2. The van der Waals surface area contributed by atoms with Crippen LogP contribution < -0.4 is 15.0 Å². The molecule has 6 nitrogen and oxygen atoms in total. The van der Waals surface area contributed by atoms with Gasteiger partial charge in [-0.3, -0.25) is 4.79 Å². The minimum atomic E-state index is -0.594. The van der Waals surface area contributed by atoms with Crippen LogP contribution in [0.4, 0.5) is 10.3 Å². The van der Waals surface area contributed by atoms with E-state index in [1.807, 2.05) is 4.90 Å². The summed E-state index contributed by atoms with van der Waals surface area (Å²) in [5.74, 6) is -0.354. The topological polar surface area (TPSA) is 67.4 Å². The number of nitrogens with one attached hydrogen (secondary N) is 1. The first-order valence-electron chi connectivity index (χ1n) is 5.68. The second kappa shape index (κ2) is 5.16. The van der Waals surface area contributed by atoms with Crippen LogP contribution in [-0.4, -0.2) is 43.1 Å². The van der Waals surface area contributed by atoms with Crippen LogP contribution >= 0.6 is 0 Å². The van der Waals surface area contributed by atoms with Gasteiger partial charge in [-0.25, -0.2) is 4.98 Å². The van der Waals surface area contributed by atoms with Gasteiger partial charge in [0.2, 0.25) is 17.7 Å². The number of amides is 1. The van der Waals surface area contributed by atoms with Gasteiger partial charge in [-0.05, 0) is 6.42 Å². The first kappa shape index (κ1) is 12.5. The summed E-state index contributed by atoms with van der Waals surface area (Å²) in [6, 6.07) is 0. The molecular formula is C11H15FN4O2. The number of anilines is 1. The van der Waals surface area contributed by atoms with Crippen molar-refractivity contribution in [3.05, 3.63) is 12.0 Å². The van der Waals surface area contributed by atoms with E-state index in [0.29, 0.717) is 19.0 Å². The molecule has 2 rings (SSSR count). The Bertz CT molecular complexity index is 455. The van der Waals surface area contributed by atoms with Crippen molar-refractivity contribution in [1.82, 2.24) is 15.3 Å². The Kier molecular flexibility index (Phi) is 3.59. The number of ether oxygens (including phenoxy) is 1. The summed E-state index contributed by atoms with van der Waals surface area (Å²) in [6.07, 6.45) is 1.82. The molecule has 1 N–H and O–H groups in total. The Morgan fingerprint density at radius 2 is 2.44 bits per heavy atom. The van der Waals surface area contributed by atoms with Gasteiger partial charge >= 0.3 is 0 Å². The zero-order chi connectivity index (χ0) is 13.1. The average molecular weight is 254 g/mol. The van der Waals surface area contributed by atoms with Gasteiger partial charge in [0.1, 0.15) is 0 Å². The summed E-state index contributed by atoms with van der Waals surface area (Å²) in [4.78, 5) is 21.2. The molecule has 1 aliphatic rings. The second-order valence-electron chi connectivity index (χ2n) is 4.07. The van der Waals surface area contributed by atoms with Crippen LogP contribution in [-0.2, 0) is 4.79 Å². The van der Waals surface area contributed by atoms with E-state index in [-0.39, 0.29) is 17.7 Å². The van der Waals surface area contributed by atoms with E-state index in [0.717, 1.165) is 12.6 Å². The molecule has 98 valence electrons. The number of carbonyl (C=O) groups is 1. The van der Waals surface area contributed by atoms with Crippen LogP contribution in [0.5, 0.6) is 5.88 Å². The number of hydrogen-bond donors (Lipinski definition) is 1. The SMILES string of the molecule is CNC(=O)C1CCN(c2ncc(F)c(OC)n2)C1. The van der Waals surface area contributed by atoms with E-state index >= 15 is 0 Å². The lowest BCUT2D eigenvalue weighted by atomic mass is 10.1. The van der Waals surface area contributed by atoms with E-state index in [9.17, 15) is 9.18 Å². The Balaban J connectivity index is 2.12. The van der Waals surface area contributed by atoms with Crippen LogP contribution in [0.15, 0.2) is 6.20 Å². The molecule has 0 saturated carbocycles. The molecule has 1 aromatic rings. The highest BCUT2D eigenvalue weighted by molar-refractivity contribution is 5.79. The molecule has 2 heterocycles. The largest absolute Gasteiger partial charge is 0.479 e. The second-order valence-corrected chi connectivity index (χ2v) is 4.07. The van der Waals surface area contributed by atoms with Crippen LogP contribution in [0, 0.1) is 11.7 Å². The molecule has 18 heavy (non-hydrogen) atoms. The van der Waals surface area contributed by atoms with Gasteiger partial charge < -0.3 is 15.0 Å². The number of hydrogen-bond acceptors (Lipinski definition) is 5. The number of nitrogens with zero attached hydrogens (tertiary/aromatic N) is 3. The molecule has 1 saturated heterocycles. The third-order valence-corrected chi connectivity index (χ3v) is 2.98. The molecule has 1 fully saturated rings. The molecule has 1 aliphatic heterocycles. The molecule has 1 aromatic heterocycles. The smallest absolute Gasteiger partial charge is 0.255 e. The van der Waals surface area contributed by atoms with Crippen molar-refractivity contribution in [2.24, 2.45) is 5.92 Å². The van der Waals surface area contributed by atoms with Crippen molar-refractivity contribution in [3.8, 4) is 5.88 Å². The maximum Gasteiger partial charge on any atom is 0.255 e. The molecule has 0 aromatic carbocycles. The predicted octanol–water partition coefficient (Wildman–Crippen LogP) is 0.197. The Morgan fingerprint density at radius 3 is 3.11 bits per heavy atom. The molecule has 1 atom stereocenters. The zero-order valence-electron chi connectivity index (χ0n) is 10.3. The lowest BCUT2D eigenvalue weighted by molar-refractivity contribution is -0.123. The number of rotatable bonds is 3. The fraction of sp³-hybridized carbons (Fsp3) is 0.545. The lowest BCUT2D eigenvalue weighted by Crippen LogP contribution is -2.30. The lowest BCUT2D eigenvalue weighted by Gasteiger charge is -2.16. The van der Waals surface area contributed by atoms with Gasteiger partial charge in [0.15, 0.2) is 0 Å². The van der Waals surface area contributed by atoms with Crippen molar-refractivity contribution < 1.29 is 13.9 Å². The number of halogens is 1. The summed E-state index contributed by atoms with van der Waals surface area (Å²) in [5, 5.41) is 2.62. The van der Waals surface area contributed by atoms with Gasteiger partial charge in [0.25, 0.3) is 5.88 Å². The summed E-state index contributed by atoms with van der Waals surface area (Å²) in [5.41, 5.74) is 0. The van der Waals surface area contributed by atoms with Crippen LogP contribution in [0.1, 0.15) is 6.42 Å². The van der Waals surface area contributed by atoms with E-state index in [2.05, 4.69) is 15.3 Å². The van der Waals surface area contributed by atoms with E-state index in [1.165, 1.54) is 7.11 Å². The maximum absolute atomic E-state index is 13.2. The van der Waals surface area contributed by atoms with Gasteiger partial charge in [-0.2, -0.15) is 9.37 Å². The molecule has 0 spiro atoms. The Morgan fingerprint density at radius 1 is 1.67 bits per heavy atom. The Hall–Kier alpha value is -1.92. The standard InChI is InChI=1S/C11H15FN4O2/c1-13-9(17)7-3-4-16(6-7)11-14-5-8(12)10(15-11)18-2/h5,7H,3-4,6H2,1-2H3,(H,13,17). The molecule has 1 amide bonds. The first-order chi connectivity index (χ1) is 8.65.